The summed E-state index contributed by atoms with van der Waals surface area (Å²) in [4.78, 5) is 23.8. The molecule has 0 fully saturated rings. The van der Waals surface area contributed by atoms with E-state index in [9.17, 15) is 9.59 Å². The second-order valence-electron chi connectivity index (χ2n) is 7.42. The van der Waals surface area contributed by atoms with Gasteiger partial charge in [0.1, 0.15) is 0 Å². The lowest BCUT2D eigenvalue weighted by molar-refractivity contribution is -0.115. The summed E-state index contributed by atoms with van der Waals surface area (Å²) >= 11 is 0. The number of nitrogens with one attached hydrogen (secondary N) is 2. The number of anilines is 2. The Kier molecular flexibility index (Phi) is 4.80. The van der Waals surface area contributed by atoms with Crippen LogP contribution in [-0.4, -0.2) is 16.4 Å². The lowest BCUT2D eigenvalue weighted by Crippen LogP contribution is -2.07. The molecular formula is C24H23N3O2. The summed E-state index contributed by atoms with van der Waals surface area (Å²) in [5, 5.41) is 5.65. The van der Waals surface area contributed by atoms with Gasteiger partial charge in [-0.3, -0.25) is 9.59 Å². The third-order valence-electron chi connectivity index (χ3n) is 5.17. The van der Waals surface area contributed by atoms with Crippen molar-refractivity contribution in [3.8, 4) is 5.69 Å². The van der Waals surface area contributed by atoms with Gasteiger partial charge in [-0.05, 0) is 74.4 Å². The van der Waals surface area contributed by atoms with Crippen molar-refractivity contribution >= 4 is 29.3 Å². The van der Waals surface area contributed by atoms with Gasteiger partial charge < -0.3 is 15.2 Å². The smallest absolute Gasteiger partial charge is 0.248 e. The molecule has 0 atom stereocenters. The van der Waals surface area contributed by atoms with E-state index in [1.807, 2.05) is 18.2 Å². The number of carbonyl (C=O) groups is 2. The fourth-order valence-corrected chi connectivity index (χ4v) is 3.70. The maximum absolute atomic E-state index is 12.4. The molecule has 0 saturated heterocycles. The molecular weight excluding hydrogens is 362 g/mol. The molecule has 1 aliphatic rings. The number of hydrogen-bond acceptors (Lipinski definition) is 2. The predicted octanol–water partition coefficient (Wildman–Crippen LogP) is 4.55. The van der Waals surface area contributed by atoms with Crippen LogP contribution in [0, 0.1) is 20.8 Å². The molecule has 4 rings (SSSR count). The summed E-state index contributed by atoms with van der Waals surface area (Å²) in [6.45, 7) is 6.18. The van der Waals surface area contributed by atoms with Gasteiger partial charge in [-0.25, -0.2) is 0 Å². The molecule has 3 aromatic rings. The van der Waals surface area contributed by atoms with Crippen LogP contribution >= 0.6 is 0 Å². The second-order valence-corrected chi connectivity index (χ2v) is 7.42. The van der Waals surface area contributed by atoms with Crippen molar-refractivity contribution in [1.29, 1.82) is 0 Å². The monoisotopic (exact) mass is 385 g/mol. The minimum Gasteiger partial charge on any atom is -0.326 e. The maximum atomic E-state index is 12.4. The van der Waals surface area contributed by atoms with Gasteiger partial charge in [0.15, 0.2) is 0 Å². The molecule has 2 N–H and O–H groups in total. The van der Waals surface area contributed by atoms with Gasteiger partial charge in [0.25, 0.3) is 0 Å². The van der Waals surface area contributed by atoms with E-state index in [0.717, 1.165) is 33.9 Å². The van der Waals surface area contributed by atoms with Crippen molar-refractivity contribution in [2.45, 2.75) is 27.2 Å². The van der Waals surface area contributed by atoms with E-state index < -0.39 is 0 Å². The van der Waals surface area contributed by atoms with E-state index >= 15 is 0 Å². The lowest BCUT2D eigenvalue weighted by Gasteiger charge is -2.10. The molecule has 2 amide bonds. The highest BCUT2D eigenvalue weighted by Crippen LogP contribution is 2.26. The summed E-state index contributed by atoms with van der Waals surface area (Å²) in [5.41, 5.74) is 7.92. The van der Waals surface area contributed by atoms with Crippen LogP contribution in [0.4, 0.5) is 11.4 Å². The Bertz CT molecular complexity index is 1140. The standard InChI is InChI=1S/C24H23N3O2/c1-15-4-8-21(9-5-15)27-16(2)12-18(17(27)3)6-11-23(28)25-20-7-10-22-19(13-20)14-24(29)26-22/h4-13H,14H2,1-3H3,(H,25,28)(H,26,29). The zero-order valence-corrected chi connectivity index (χ0v) is 16.7. The first kappa shape index (κ1) is 18.7. The van der Waals surface area contributed by atoms with Gasteiger partial charge in [0.05, 0.1) is 6.42 Å². The lowest BCUT2D eigenvalue weighted by atomic mass is 10.1. The SMILES string of the molecule is Cc1ccc(-n2c(C)cc(C=CC(=O)Nc3ccc4c(c3)CC(=O)N4)c2C)cc1. The number of carbonyl (C=O) groups excluding carboxylic acids is 2. The van der Waals surface area contributed by atoms with Crippen molar-refractivity contribution in [2.24, 2.45) is 0 Å². The van der Waals surface area contributed by atoms with Crippen molar-refractivity contribution in [1.82, 2.24) is 4.57 Å². The highest BCUT2D eigenvalue weighted by Gasteiger charge is 2.17. The first-order valence-corrected chi connectivity index (χ1v) is 9.58. The quantitative estimate of drug-likeness (QED) is 0.647. The molecule has 1 aliphatic heterocycles. The minimum absolute atomic E-state index is 0.0210. The van der Waals surface area contributed by atoms with E-state index in [4.69, 9.17) is 0 Å². The summed E-state index contributed by atoms with van der Waals surface area (Å²) in [5.74, 6) is -0.227. The minimum atomic E-state index is -0.206. The Morgan fingerprint density at radius 2 is 1.83 bits per heavy atom. The Labute approximate surface area is 170 Å². The first-order valence-electron chi connectivity index (χ1n) is 9.58. The molecule has 5 nitrogen and oxygen atoms in total. The molecule has 5 heteroatoms. The third-order valence-corrected chi connectivity index (χ3v) is 5.17. The van der Waals surface area contributed by atoms with Crippen molar-refractivity contribution in [3.63, 3.8) is 0 Å². The molecule has 0 spiro atoms. The van der Waals surface area contributed by atoms with E-state index in [-0.39, 0.29) is 11.8 Å². The third kappa shape index (κ3) is 3.85. The summed E-state index contributed by atoms with van der Waals surface area (Å²) in [6, 6.07) is 15.9. The topological polar surface area (TPSA) is 63.1 Å². The largest absolute Gasteiger partial charge is 0.326 e. The summed E-state index contributed by atoms with van der Waals surface area (Å²) in [7, 11) is 0. The Morgan fingerprint density at radius 1 is 1.07 bits per heavy atom. The van der Waals surface area contributed by atoms with E-state index in [1.54, 1.807) is 6.07 Å². The second kappa shape index (κ2) is 7.43. The van der Waals surface area contributed by atoms with Gasteiger partial charge in [0, 0.05) is 34.5 Å². The number of aryl methyl sites for hydroxylation is 2. The highest BCUT2D eigenvalue weighted by molar-refractivity contribution is 6.03. The molecule has 0 radical (unpaired) electrons. The van der Waals surface area contributed by atoms with Gasteiger partial charge in [0.2, 0.25) is 11.8 Å². The Morgan fingerprint density at radius 3 is 2.59 bits per heavy atom. The molecule has 0 unspecified atom stereocenters. The fourth-order valence-electron chi connectivity index (χ4n) is 3.70. The molecule has 146 valence electrons. The molecule has 1 aromatic heterocycles. The normalized spacial score (nSPS) is 12.9. The summed E-state index contributed by atoms with van der Waals surface area (Å²) < 4.78 is 2.18. The van der Waals surface area contributed by atoms with Gasteiger partial charge >= 0.3 is 0 Å². The van der Waals surface area contributed by atoms with E-state index in [1.165, 1.54) is 11.6 Å². The highest BCUT2D eigenvalue weighted by atomic mass is 16.2. The van der Waals surface area contributed by atoms with E-state index in [2.05, 4.69) is 66.3 Å². The van der Waals surface area contributed by atoms with Crippen LogP contribution in [0.25, 0.3) is 11.8 Å². The van der Waals surface area contributed by atoms with Crippen LogP contribution in [0.1, 0.15) is 28.1 Å². The average Bonchev–Trinajstić information content (AvgIpc) is 3.18. The number of nitrogens with zero attached hydrogens (tertiary/aromatic N) is 1. The van der Waals surface area contributed by atoms with Crippen LogP contribution in [-0.2, 0) is 16.0 Å². The number of amides is 2. The average molecular weight is 385 g/mol. The molecule has 2 heterocycles. The van der Waals surface area contributed by atoms with Crippen molar-refractivity contribution < 1.29 is 9.59 Å². The number of benzene rings is 2. The van der Waals surface area contributed by atoms with Crippen LogP contribution in [0.2, 0.25) is 0 Å². The molecule has 0 aliphatic carbocycles. The zero-order valence-electron chi connectivity index (χ0n) is 16.7. The van der Waals surface area contributed by atoms with Crippen LogP contribution in [0.15, 0.2) is 54.6 Å². The number of aromatic nitrogens is 1. The number of fused-ring (bicyclic) bond motifs is 1. The van der Waals surface area contributed by atoms with Crippen LogP contribution in [0.5, 0.6) is 0 Å². The molecule has 2 aromatic carbocycles. The molecule has 0 saturated carbocycles. The summed E-state index contributed by atoms with van der Waals surface area (Å²) in [6.07, 6.45) is 3.72. The van der Waals surface area contributed by atoms with Crippen molar-refractivity contribution in [3.05, 3.63) is 82.7 Å². The Hall–Kier alpha value is -3.60. The van der Waals surface area contributed by atoms with Gasteiger partial charge in [-0.2, -0.15) is 0 Å². The van der Waals surface area contributed by atoms with Crippen LogP contribution in [0.3, 0.4) is 0 Å². The zero-order chi connectivity index (χ0) is 20.5. The van der Waals surface area contributed by atoms with Gasteiger partial charge in [-0.1, -0.05) is 17.7 Å². The number of hydrogen-bond donors (Lipinski definition) is 2. The predicted molar refractivity (Wildman–Crippen MR) is 116 cm³/mol. The molecule has 0 bridgehead atoms. The molecule has 29 heavy (non-hydrogen) atoms. The van der Waals surface area contributed by atoms with E-state index in [0.29, 0.717) is 12.1 Å². The van der Waals surface area contributed by atoms with Crippen LogP contribution < -0.4 is 10.6 Å². The Balaban J connectivity index is 1.50. The van der Waals surface area contributed by atoms with Gasteiger partial charge in [-0.15, -0.1) is 0 Å². The number of rotatable bonds is 4. The maximum Gasteiger partial charge on any atom is 0.248 e. The first-order chi connectivity index (χ1) is 13.9. The van der Waals surface area contributed by atoms with Crippen molar-refractivity contribution in [2.75, 3.05) is 10.6 Å². The fraction of sp³-hybridized carbons (Fsp3) is 0.167.